The van der Waals surface area contributed by atoms with E-state index in [1.54, 1.807) is 6.07 Å². The fraction of sp³-hybridized carbons (Fsp3) is 0.412. The summed E-state index contributed by atoms with van der Waals surface area (Å²) in [5.74, 6) is 0.202. The van der Waals surface area contributed by atoms with Crippen LogP contribution in [-0.4, -0.2) is 35.6 Å². The number of hydrogen-bond acceptors (Lipinski definition) is 5. The van der Waals surface area contributed by atoms with Crippen LogP contribution in [0.3, 0.4) is 0 Å². The summed E-state index contributed by atoms with van der Waals surface area (Å²) in [6.07, 6.45) is 0.200. The van der Waals surface area contributed by atoms with Crippen molar-refractivity contribution in [2.24, 2.45) is 0 Å². The molecular weight excluding hydrogens is 340 g/mol. The minimum atomic E-state index is -2.98. The number of carbonyl (C=O) groups excluding carboxylic acids is 1. The third kappa shape index (κ3) is 2.70. The lowest BCUT2D eigenvalue weighted by Crippen LogP contribution is -2.39. The average Bonchev–Trinajstić information content (AvgIpc) is 3.06. The van der Waals surface area contributed by atoms with Crippen molar-refractivity contribution in [1.82, 2.24) is 15.1 Å². The molecule has 1 aromatic heterocycles. The first-order valence-corrected chi connectivity index (χ1v) is 10.1. The van der Waals surface area contributed by atoms with Gasteiger partial charge in [0.1, 0.15) is 6.17 Å². The number of fused-ring (bicyclic) bond motifs is 1. The normalized spacial score (nSPS) is 24.5. The Balaban J connectivity index is 1.69. The predicted octanol–water partition coefficient (Wildman–Crippen LogP) is 1.71. The first kappa shape index (κ1) is 16.1. The highest BCUT2D eigenvalue weighted by Gasteiger charge is 2.34. The number of aromatic nitrogens is 2. The number of rotatable bonds is 2. The van der Waals surface area contributed by atoms with Crippen molar-refractivity contribution in [1.29, 1.82) is 0 Å². The molecule has 7 nitrogen and oxygen atoms in total. The molecule has 0 saturated carbocycles. The second kappa shape index (κ2) is 5.59. The van der Waals surface area contributed by atoms with Crippen LogP contribution < -0.4 is 10.6 Å². The SMILES string of the molecule is Cc1nn([C@H]2CCS(=O)(=O)C2)c(C)c1[C@@H]1NC(=O)c2ccccc2N1. The lowest BCUT2D eigenvalue weighted by Gasteiger charge is -2.28. The van der Waals surface area contributed by atoms with E-state index in [4.69, 9.17) is 0 Å². The maximum atomic E-state index is 12.4. The summed E-state index contributed by atoms with van der Waals surface area (Å²) in [5, 5.41) is 10.9. The van der Waals surface area contributed by atoms with Gasteiger partial charge in [-0.15, -0.1) is 0 Å². The van der Waals surface area contributed by atoms with Gasteiger partial charge in [-0.2, -0.15) is 5.10 Å². The number of benzene rings is 1. The summed E-state index contributed by atoms with van der Waals surface area (Å²) in [7, 11) is -2.98. The van der Waals surface area contributed by atoms with Crippen molar-refractivity contribution < 1.29 is 13.2 Å². The van der Waals surface area contributed by atoms with Crippen molar-refractivity contribution in [3.05, 3.63) is 46.8 Å². The molecule has 1 amide bonds. The molecule has 4 rings (SSSR count). The summed E-state index contributed by atoms with van der Waals surface area (Å²) in [5.41, 5.74) is 3.97. The van der Waals surface area contributed by atoms with Crippen LogP contribution in [0.1, 0.15) is 45.9 Å². The van der Waals surface area contributed by atoms with Crippen molar-refractivity contribution in [3.63, 3.8) is 0 Å². The Hall–Kier alpha value is -2.35. The standard InChI is InChI=1S/C17H20N4O3S/c1-10-15(11(2)21(20-10)12-7-8-25(23,24)9-12)16-18-14-6-4-3-5-13(14)17(22)19-16/h3-6,12,16,18H,7-9H2,1-2H3,(H,19,22)/t12-,16-/m0/s1. The van der Waals surface area contributed by atoms with Crippen molar-refractivity contribution in [2.45, 2.75) is 32.5 Å². The number of hydrogen-bond donors (Lipinski definition) is 2. The van der Waals surface area contributed by atoms with Crippen molar-refractivity contribution in [2.75, 3.05) is 16.8 Å². The zero-order valence-electron chi connectivity index (χ0n) is 14.1. The molecule has 2 aromatic rings. The molecule has 1 saturated heterocycles. The van der Waals surface area contributed by atoms with E-state index in [2.05, 4.69) is 15.7 Å². The van der Waals surface area contributed by atoms with Gasteiger partial charge in [0.15, 0.2) is 9.84 Å². The zero-order valence-corrected chi connectivity index (χ0v) is 14.9. The van der Waals surface area contributed by atoms with Crippen LogP contribution in [0.25, 0.3) is 0 Å². The zero-order chi connectivity index (χ0) is 17.8. The molecule has 3 heterocycles. The topological polar surface area (TPSA) is 93.1 Å². The maximum Gasteiger partial charge on any atom is 0.255 e. The van der Waals surface area contributed by atoms with Gasteiger partial charge in [0.05, 0.1) is 28.8 Å². The molecule has 0 radical (unpaired) electrons. The van der Waals surface area contributed by atoms with Crippen LogP contribution in [-0.2, 0) is 9.84 Å². The third-order valence-electron chi connectivity index (χ3n) is 4.97. The summed E-state index contributed by atoms with van der Waals surface area (Å²) in [6, 6.07) is 7.23. The van der Waals surface area contributed by atoms with E-state index < -0.39 is 9.84 Å². The molecule has 1 aromatic carbocycles. The van der Waals surface area contributed by atoms with E-state index >= 15 is 0 Å². The molecule has 0 spiro atoms. The number of carbonyl (C=O) groups is 1. The fourth-order valence-electron chi connectivity index (χ4n) is 3.77. The van der Waals surface area contributed by atoms with E-state index in [9.17, 15) is 13.2 Å². The van der Waals surface area contributed by atoms with Gasteiger partial charge < -0.3 is 10.6 Å². The highest BCUT2D eigenvalue weighted by Crippen LogP contribution is 2.32. The molecule has 1 fully saturated rings. The number of amides is 1. The quantitative estimate of drug-likeness (QED) is 0.850. The molecule has 2 atom stereocenters. The number of nitrogens with one attached hydrogen (secondary N) is 2. The molecule has 2 N–H and O–H groups in total. The van der Waals surface area contributed by atoms with Crippen molar-refractivity contribution >= 4 is 21.4 Å². The minimum Gasteiger partial charge on any atom is -0.361 e. The smallest absolute Gasteiger partial charge is 0.255 e. The van der Waals surface area contributed by atoms with Crippen LogP contribution in [0.2, 0.25) is 0 Å². The predicted molar refractivity (Wildman–Crippen MR) is 94.3 cm³/mol. The van der Waals surface area contributed by atoms with E-state index in [1.165, 1.54) is 0 Å². The largest absolute Gasteiger partial charge is 0.361 e. The Labute approximate surface area is 146 Å². The van der Waals surface area contributed by atoms with Crippen LogP contribution in [0.5, 0.6) is 0 Å². The van der Waals surface area contributed by atoms with Gasteiger partial charge >= 0.3 is 0 Å². The molecule has 25 heavy (non-hydrogen) atoms. The number of nitrogens with zero attached hydrogens (tertiary/aromatic N) is 2. The molecule has 2 aliphatic heterocycles. The van der Waals surface area contributed by atoms with E-state index in [0.717, 1.165) is 22.6 Å². The molecule has 0 aliphatic carbocycles. The second-order valence-corrected chi connectivity index (χ2v) is 8.91. The number of para-hydroxylation sites is 1. The maximum absolute atomic E-state index is 12.4. The van der Waals surface area contributed by atoms with Gasteiger partial charge in [-0.3, -0.25) is 9.48 Å². The summed E-state index contributed by atoms with van der Waals surface area (Å²) in [6.45, 7) is 3.81. The lowest BCUT2D eigenvalue weighted by molar-refractivity contribution is 0.0935. The van der Waals surface area contributed by atoms with Crippen LogP contribution in [0, 0.1) is 13.8 Å². The summed E-state index contributed by atoms with van der Waals surface area (Å²) >= 11 is 0. The summed E-state index contributed by atoms with van der Waals surface area (Å²) < 4.78 is 25.4. The Morgan fingerprint density at radius 1 is 1.20 bits per heavy atom. The van der Waals surface area contributed by atoms with E-state index in [1.807, 2.05) is 36.7 Å². The summed E-state index contributed by atoms with van der Waals surface area (Å²) in [4.78, 5) is 12.4. The Morgan fingerprint density at radius 3 is 2.68 bits per heavy atom. The molecule has 132 valence electrons. The van der Waals surface area contributed by atoms with Crippen LogP contribution in [0.15, 0.2) is 24.3 Å². The van der Waals surface area contributed by atoms with E-state index in [0.29, 0.717) is 12.0 Å². The number of sulfone groups is 1. The number of anilines is 1. The van der Waals surface area contributed by atoms with Gasteiger partial charge in [-0.05, 0) is 32.4 Å². The van der Waals surface area contributed by atoms with E-state index in [-0.39, 0.29) is 29.6 Å². The van der Waals surface area contributed by atoms with Gasteiger partial charge in [-0.25, -0.2) is 8.42 Å². The second-order valence-electron chi connectivity index (χ2n) is 6.68. The highest BCUT2D eigenvalue weighted by atomic mass is 32.2. The Morgan fingerprint density at radius 2 is 1.96 bits per heavy atom. The molecule has 2 aliphatic rings. The van der Waals surface area contributed by atoms with Crippen molar-refractivity contribution in [3.8, 4) is 0 Å². The molecular formula is C17H20N4O3S. The van der Waals surface area contributed by atoms with Gasteiger partial charge in [0.2, 0.25) is 0 Å². The van der Waals surface area contributed by atoms with Crippen LogP contribution in [0.4, 0.5) is 5.69 Å². The lowest BCUT2D eigenvalue weighted by atomic mass is 10.0. The highest BCUT2D eigenvalue weighted by molar-refractivity contribution is 7.91. The first-order valence-electron chi connectivity index (χ1n) is 8.28. The Kier molecular flexibility index (Phi) is 3.61. The van der Waals surface area contributed by atoms with Gasteiger partial charge in [0.25, 0.3) is 5.91 Å². The minimum absolute atomic E-state index is 0.127. The molecule has 0 unspecified atom stereocenters. The monoisotopic (exact) mass is 360 g/mol. The first-order chi connectivity index (χ1) is 11.9. The third-order valence-corrected chi connectivity index (χ3v) is 6.72. The average molecular weight is 360 g/mol. The fourth-order valence-corrected chi connectivity index (χ4v) is 5.46. The Bertz CT molecular complexity index is 964. The van der Waals surface area contributed by atoms with Gasteiger partial charge in [0, 0.05) is 16.9 Å². The molecule has 0 bridgehead atoms. The number of aryl methyl sites for hydroxylation is 1. The van der Waals surface area contributed by atoms with Gasteiger partial charge in [-0.1, -0.05) is 12.1 Å². The van der Waals surface area contributed by atoms with Crippen LogP contribution >= 0.6 is 0 Å². The molecule has 8 heteroatoms.